The molecule has 1 fully saturated rings. The number of hydrogen-bond acceptors (Lipinski definition) is 3. The Balaban J connectivity index is 1.14. The molecule has 31 heavy (non-hydrogen) atoms. The van der Waals surface area contributed by atoms with Crippen LogP contribution >= 0.6 is 11.6 Å². The third-order valence-electron chi connectivity index (χ3n) is 5.73. The standard InChI is InChI=1S/C27H31ClN2O/c28-26-13-11-25(12-14-26)24-9-7-22(8-10-24)20-29-15-4-18-31-27-6-3-5-23(19-27)21-30-16-1-2-17-30/h3,5-14,19,29H,1-2,4,15-18,20-21H2. The van der Waals surface area contributed by atoms with Gasteiger partial charge in [-0.1, -0.05) is 60.1 Å². The smallest absolute Gasteiger partial charge is 0.119 e. The molecule has 0 saturated carbocycles. The zero-order valence-electron chi connectivity index (χ0n) is 18.0. The van der Waals surface area contributed by atoms with Gasteiger partial charge in [0.15, 0.2) is 0 Å². The molecule has 0 spiro atoms. The normalized spacial score (nSPS) is 14.1. The van der Waals surface area contributed by atoms with Gasteiger partial charge in [-0.15, -0.1) is 0 Å². The van der Waals surface area contributed by atoms with Crippen LogP contribution in [0.1, 0.15) is 30.4 Å². The molecule has 1 aliphatic heterocycles. The van der Waals surface area contributed by atoms with E-state index in [1.54, 1.807) is 0 Å². The summed E-state index contributed by atoms with van der Waals surface area (Å²) in [6.45, 7) is 6.02. The fourth-order valence-corrected chi connectivity index (χ4v) is 4.14. The van der Waals surface area contributed by atoms with E-state index in [9.17, 15) is 0 Å². The molecule has 1 heterocycles. The van der Waals surface area contributed by atoms with Gasteiger partial charge >= 0.3 is 0 Å². The van der Waals surface area contributed by atoms with Crippen LogP contribution in [0.3, 0.4) is 0 Å². The van der Waals surface area contributed by atoms with E-state index in [0.717, 1.165) is 43.4 Å². The first-order chi connectivity index (χ1) is 15.3. The molecule has 1 saturated heterocycles. The third kappa shape index (κ3) is 6.83. The molecule has 3 aromatic rings. The van der Waals surface area contributed by atoms with Crippen LogP contribution < -0.4 is 10.1 Å². The summed E-state index contributed by atoms with van der Waals surface area (Å²) in [5.74, 6) is 0.981. The Hall–Kier alpha value is -2.33. The van der Waals surface area contributed by atoms with Crippen molar-refractivity contribution in [1.82, 2.24) is 10.2 Å². The molecule has 0 bridgehead atoms. The van der Waals surface area contributed by atoms with Crippen LogP contribution in [0, 0.1) is 0 Å². The molecule has 0 unspecified atom stereocenters. The summed E-state index contributed by atoms with van der Waals surface area (Å²) in [4.78, 5) is 2.52. The monoisotopic (exact) mass is 434 g/mol. The Kier molecular flexibility index (Phi) is 8.00. The molecule has 0 aliphatic carbocycles. The Morgan fingerprint density at radius 2 is 1.55 bits per heavy atom. The van der Waals surface area contributed by atoms with Crippen LogP contribution in [0.5, 0.6) is 5.75 Å². The van der Waals surface area contributed by atoms with Crippen molar-refractivity contribution in [3.63, 3.8) is 0 Å². The van der Waals surface area contributed by atoms with Gasteiger partial charge in [-0.2, -0.15) is 0 Å². The zero-order chi connectivity index (χ0) is 21.3. The number of rotatable bonds is 10. The van der Waals surface area contributed by atoms with E-state index in [1.165, 1.54) is 48.2 Å². The van der Waals surface area contributed by atoms with E-state index in [4.69, 9.17) is 16.3 Å². The second kappa shape index (κ2) is 11.3. The van der Waals surface area contributed by atoms with E-state index in [-0.39, 0.29) is 0 Å². The Bertz CT molecular complexity index is 934. The molecule has 3 aromatic carbocycles. The number of hydrogen-bond donors (Lipinski definition) is 1. The summed E-state index contributed by atoms with van der Waals surface area (Å²) in [6, 6.07) is 25.2. The van der Waals surface area contributed by atoms with Crippen LogP contribution in [0.2, 0.25) is 5.02 Å². The van der Waals surface area contributed by atoms with Gasteiger partial charge in [-0.05, 0) is 85.4 Å². The average Bonchev–Trinajstić information content (AvgIpc) is 3.30. The molecule has 4 rings (SSSR count). The van der Waals surface area contributed by atoms with Gasteiger partial charge in [-0.3, -0.25) is 4.90 Å². The van der Waals surface area contributed by atoms with E-state index >= 15 is 0 Å². The summed E-state index contributed by atoms with van der Waals surface area (Å²) >= 11 is 5.97. The highest BCUT2D eigenvalue weighted by molar-refractivity contribution is 6.30. The van der Waals surface area contributed by atoms with Gasteiger partial charge in [0.2, 0.25) is 0 Å². The Labute approximate surface area is 191 Å². The van der Waals surface area contributed by atoms with Crippen molar-refractivity contribution in [1.29, 1.82) is 0 Å². The maximum atomic E-state index is 5.97. The summed E-state index contributed by atoms with van der Waals surface area (Å²) in [5.41, 5.74) is 5.03. The Morgan fingerprint density at radius 3 is 2.29 bits per heavy atom. The molecule has 0 amide bonds. The summed E-state index contributed by atoms with van der Waals surface area (Å²) in [7, 11) is 0. The van der Waals surface area contributed by atoms with Gasteiger partial charge in [0.25, 0.3) is 0 Å². The lowest BCUT2D eigenvalue weighted by molar-refractivity contribution is 0.305. The number of ether oxygens (including phenoxy) is 1. The molecule has 1 aliphatic rings. The lowest BCUT2D eigenvalue weighted by Gasteiger charge is -2.15. The first-order valence-corrected chi connectivity index (χ1v) is 11.6. The largest absolute Gasteiger partial charge is 0.494 e. The van der Waals surface area contributed by atoms with Crippen molar-refractivity contribution in [3.05, 3.63) is 88.9 Å². The van der Waals surface area contributed by atoms with Gasteiger partial charge in [0.05, 0.1) is 6.61 Å². The topological polar surface area (TPSA) is 24.5 Å². The molecule has 0 aromatic heterocycles. The van der Waals surface area contributed by atoms with Gasteiger partial charge in [-0.25, -0.2) is 0 Å². The second-order valence-corrected chi connectivity index (χ2v) is 8.65. The minimum Gasteiger partial charge on any atom is -0.494 e. The van der Waals surface area contributed by atoms with Crippen molar-refractivity contribution >= 4 is 11.6 Å². The van der Waals surface area contributed by atoms with Crippen molar-refractivity contribution in [2.45, 2.75) is 32.4 Å². The van der Waals surface area contributed by atoms with Gasteiger partial charge < -0.3 is 10.1 Å². The molecule has 0 atom stereocenters. The predicted molar refractivity (Wildman–Crippen MR) is 130 cm³/mol. The third-order valence-corrected chi connectivity index (χ3v) is 5.98. The van der Waals surface area contributed by atoms with Crippen LogP contribution in [-0.2, 0) is 13.1 Å². The predicted octanol–water partition coefficient (Wildman–Crippen LogP) is 6.16. The first kappa shape index (κ1) is 21.9. The van der Waals surface area contributed by atoms with Gasteiger partial charge in [0.1, 0.15) is 5.75 Å². The average molecular weight is 435 g/mol. The second-order valence-electron chi connectivity index (χ2n) is 8.21. The van der Waals surface area contributed by atoms with E-state index < -0.39 is 0 Å². The number of nitrogens with zero attached hydrogens (tertiary/aromatic N) is 1. The molecular weight excluding hydrogens is 404 g/mol. The van der Waals surface area contributed by atoms with Crippen molar-refractivity contribution in [2.24, 2.45) is 0 Å². The maximum Gasteiger partial charge on any atom is 0.119 e. The quantitative estimate of drug-likeness (QED) is 0.386. The molecule has 3 nitrogen and oxygen atoms in total. The van der Waals surface area contributed by atoms with Crippen LogP contribution in [-0.4, -0.2) is 31.1 Å². The molecular formula is C27H31ClN2O. The number of benzene rings is 3. The fourth-order valence-electron chi connectivity index (χ4n) is 4.01. The molecule has 162 valence electrons. The van der Waals surface area contributed by atoms with E-state index in [0.29, 0.717) is 0 Å². The lowest BCUT2D eigenvalue weighted by Crippen LogP contribution is -2.18. The lowest BCUT2D eigenvalue weighted by atomic mass is 10.0. The number of halogens is 1. The molecule has 0 radical (unpaired) electrons. The summed E-state index contributed by atoms with van der Waals surface area (Å²) in [5, 5.41) is 4.28. The first-order valence-electron chi connectivity index (χ1n) is 11.3. The van der Waals surface area contributed by atoms with E-state index in [2.05, 4.69) is 70.9 Å². The zero-order valence-corrected chi connectivity index (χ0v) is 18.8. The molecule has 1 N–H and O–H groups in total. The van der Waals surface area contributed by atoms with Gasteiger partial charge in [0, 0.05) is 18.1 Å². The Morgan fingerprint density at radius 1 is 0.839 bits per heavy atom. The van der Waals surface area contributed by atoms with Crippen LogP contribution in [0.15, 0.2) is 72.8 Å². The maximum absolute atomic E-state index is 5.97. The van der Waals surface area contributed by atoms with Crippen molar-refractivity contribution in [3.8, 4) is 16.9 Å². The van der Waals surface area contributed by atoms with Crippen LogP contribution in [0.4, 0.5) is 0 Å². The number of likely N-dealkylation sites (tertiary alicyclic amines) is 1. The highest BCUT2D eigenvalue weighted by Crippen LogP contribution is 2.22. The van der Waals surface area contributed by atoms with Crippen molar-refractivity contribution < 1.29 is 4.74 Å². The molecule has 4 heteroatoms. The minimum absolute atomic E-state index is 0.732. The van der Waals surface area contributed by atoms with E-state index in [1.807, 2.05) is 12.1 Å². The highest BCUT2D eigenvalue weighted by Gasteiger charge is 2.11. The SMILES string of the molecule is Clc1ccc(-c2ccc(CNCCCOc3cccc(CN4CCCC4)c3)cc2)cc1. The summed E-state index contributed by atoms with van der Waals surface area (Å²) < 4.78 is 5.97. The van der Waals surface area contributed by atoms with Crippen molar-refractivity contribution in [2.75, 3.05) is 26.2 Å². The van der Waals surface area contributed by atoms with Crippen LogP contribution in [0.25, 0.3) is 11.1 Å². The summed E-state index contributed by atoms with van der Waals surface area (Å²) in [6.07, 6.45) is 3.64. The fraction of sp³-hybridized carbons (Fsp3) is 0.333. The number of nitrogens with one attached hydrogen (secondary N) is 1. The minimum atomic E-state index is 0.732. The highest BCUT2D eigenvalue weighted by atomic mass is 35.5.